The van der Waals surface area contributed by atoms with Gasteiger partial charge in [-0.05, 0) is 30.7 Å². The van der Waals surface area contributed by atoms with Gasteiger partial charge >= 0.3 is 0 Å². The van der Waals surface area contributed by atoms with E-state index < -0.39 is 11.6 Å². The molecule has 0 atom stereocenters. The van der Waals surface area contributed by atoms with Crippen molar-refractivity contribution in [1.82, 2.24) is 9.97 Å². The zero-order chi connectivity index (χ0) is 13.0. The number of hydrogen-bond donors (Lipinski definition) is 1. The predicted molar refractivity (Wildman–Crippen MR) is 62.8 cm³/mol. The molecule has 18 heavy (non-hydrogen) atoms. The van der Waals surface area contributed by atoms with Crippen LogP contribution >= 0.6 is 0 Å². The minimum Gasteiger partial charge on any atom is -0.396 e. The first-order chi connectivity index (χ1) is 8.70. The molecule has 1 aromatic heterocycles. The maximum atomic E-state index is 13.1. The van der Waals surface area contributed by atoms with Gasteiger partial charge in [0.2, 0.25) is 0 Å². The average Bonchev–Trinajstić information content (AvgIpc) is 2.40. The summed E-state index contributed by atoms with van der Waals surface area (Å²) in [5, 5.41) is 8.73. The van der Waals surface area contributed by atoms with Crippen molar-refractivity contribution >= 4 is 0 Å². The Morgan fingerprint density at radius 2 is 1.94 bits per heavy atom. The fourth-order valence-electron chi connectivity index (χ4n) is 1.57. The van der Waals surface area contributed by atoms with E-state index in [0.717, 1.165) is 12.1 Å². The zero-order valence-electron chi connectivity index (χ0n) is 9.61. The molecule has 94 valence electrons. The highest BCUT2D eigenvalue weighted by Crippen LogP contribution is 2.19. The van der Waals surface area contributed by atoms with E-state index in [4.69, 9.17) is 5.11 Å². The smallest absolute Gasteiger partial charge is 0.159 e. The number of aliphatic hydroxyl groups is 1. The Balaban J connectivity index is 2.29. The summed E-state index contributed by atoms with van der Waals surface area (Å²) in [6.45, 7) is 0.0682. The fraction of sp³-hybridized carbons (Fsp3) is 0.231. The molecule has 2 rings (SSSR count). The Kier molecular flexibility index (Phi) is 3.94. The number of aliphatic hydroxyl groups excluding tert-OH is 1. The minimum absolute atomic E-state index is 0.0682. The second-order valence-electron chi connectivity index (χ2n) is 3.81. The molecular weight excluding hydrogens is 238 g/mol. The molecule has 0 spiro atoms. The third-order valence-electron chi connectivity index (χ3n) is 2.48. The van der Waals surface area contributed by atoms with Crippen molar-refractivity contribution in [3.05, 3.63) is 47.9 Å². The average molecular weight is 250 g/mol. The maximum absolute atomic E-state index is 13.1. The summed E-state index contributed by atoms with van der Waals surface area (Å²) in [5.74, 6) is -1.21. The van der Waals surface area contributed by atoms with Crippen molar-refractivity contribution < 1.29 is 13.9 Å². The lowest BCUT2D eigenvalue weighted by atomic mass is 10.1. The lowest BCUT2D eigenvalue weighted by Gasteiger charge is -2.04. The van der Waals surface area contributed by atoms with Gasteiger partial charge in [-0.15, -0.1) is 0 Å². The largest absolute Gasteiger partial charge is 0.396 e. The molecule has 0 saturated carbocycles. The SMILES string of the molecule is OCCCc1nccc(-c2ccc(F)c(F)c2)n1. The van der Waals surface area contributed by atoms with Crippen molar-refractivity contribution in [3.8, 4) is 11.3 Å². The van der Waals surface area contributed by atoms with Gasteiger partial charge in [0.05, 0.1) is 5.69 Å². The minimum atomic E-state index is -0.900. The molecule has 5 heteroatoms. The molecule has 1 aromatic carbocycles. The van der Waals surface area contributed by atoms with Gasteiger partial charge in [-0.25, -0.2) is 18.7 Å². The molecule has 1 N–H and O–H groups in total. The number of benzene rings is 1. The molecule has 0 amide bonds. The van der Waals surface area contributed by atoms with E-state index in [1.54, 1.807) is 12.3 Å². The summed E-state index contributed by atoms with van der Waals surface area (Å²) in [6.07, 6.45) is 2.69. The van der Waals surface area contributed by atoms with Crippen LogP contribution in [-0.4, -0.2) is 21.7 Å². The van der Waals surface area contributed by atoms with E-state index in [1.165, 1.54) is 6.07 Å². The van der Waals surface area contributed by atoms with E-state index in [2.05, 4.69) is 9.97 Å². The van der Waals surface area contributed by atoms with Crippen molar-refractivity contribution in [2.24, 2.45) is 0 Å². The first-order valence-electron chi connectivity index (χ1n) is 5.59. The topological polar surface area (TPSA) is 46.0 Å². The fourth-order valence-corrected chi connectivity index (χ4v) is 1.57. The van der Waals surface area contributed by atoms with Gasteiger partial charge in [-0.2, -0.15) is 0 Å². The summed E-state index contributed by atoms with van der Waals surface area (Å²) >= 11 is 0. The van der Waals surface area contributed by atoms with Crippen LogP contribution in [0.1, 0.15) is 12.2 Å². The van der Waals surface area contributed by atoms with Gasteiger partial charge in [0.1, 0.15) is 5.82 Å². The molecular formula is C13H12F2N2O. The summed E-state index contributed by atoms with van der Waals surface area (Å²) in [6, 6.07) is 5.28. The summed E-state index contributed by atoms with van der Waals surface area (Å²) in [7, 11) is 0. The molecule has 0 radical (unpaired) electrons. The van der Waals surface area contributed by atoms with Crippen LogP contribution in [0.4, 0.5) is 8.78 Å². The summed E-state index contributed by atoms with van der Waals surface area (Å²) in [4.78, 5) is 8.29. The Hall–Kier alpha value is -1.88. The van der Waals surface area contributed by atoms with Crippen LogP contribution < -0.4 is 0 Å². The number of nitrogens with zero attached hydrogens (tertiary/aromatic N) is 2. The molecule has 0 saturated heterocycles. The van der Waals surface area contributed by atoms with Gasteiger partial charge in [0.15, 0.2) is 11.6 Å². The third kappa shape index (κ3) is 2.87. The molecule has 0 aliphatic rings. The third-order valence-corrected chi connectivity index (χ3v) is 2.48. The van der Waals surface area contributed by atoms with Crippen LogP contribution in [0.15, 0.2) is 30.5 Å². The van der Waals surface area contributed by atoms with Gasteiger partial charge in [0.25, 0.3) is 0 Å². The highest BCUT2D eigenvalue weighted by molar-refractivity contribution is 5.58. The van der Waals surface area contributed by atoms with E-state index >= 15 is 0 Å². The van der Waals surface area contributed by atoms with Crippen LogP contribution in [0.3, 0.4) is 0 Å². The second-order valence-corrected chi connectivity index (χ2v) is 3.81. The van der Waals surface area contributed by atoms with Crippen molar-refractivity contribution in [1.29, 1.82) is 0 Å². The van der Waals surface area contributed by atoms with Crippen LogP contribution in [0.25, 0.3) is 11.3 Å². The number of aromatic nitrogens is 2. The van der Waals surface area contributed by atoms with E-state index in [1.807, 2.05) is 0 Å². The molecule has 1 heterocycles. The molecule has 0 bridgehead atoms. The van der Waals surface area contributed by atoms with Crippen molar-refractivity contribution in [3.63, 3.8) is 0 Å². The van der Waals surface area contributed by atoms with Gasteiger partial charge in [0, 0.05) is 24.8 Å². The first-order valence-corrected chi connectivity index (χ1v) is 5.59. The molecule has 2 aromatic rings. The molecule has 0 unspecified atom stereocenters. The van der Waals surface area contributed by atoms with Crippen LogP contribution in [0, 0.1) is 11.6 Å². The van der Waals surface area contributed by atoms with Gasteiger partial charge < -0.3 is 5.11 Å². The Morgan fingerprint density at radius 1 is 1.11 bits per heavy atom. The normalized spacial score (nSPS) is 10.6. The Morgan fingerprint density at radius 3 is 2.67 bits per heavy atom. The highest BCUT2D eigenvalue weighted by Gasteiger charge is 2.06. The van der Waals surface area contributed by atoms with Gasteiger partial charge in [-0.3, -0.25) is 0 Å². The van der Waals surface area contributed by atoms with Crippen LogP contribution in [0.5, 0.6) is 0 Å². The Bertz CT molecular complexity index is 546. The lowest BCUT2D eigenvalue weighted by molar-refractivity contribution is 0.287. The predicted octanol–water partition coefficient (Wildman–Crippen LogP) is 2.35. The second kappa shape index (κ2) is 5.64. The first kappa shape index (κ1) is 12.6. The van der Waals surface area contributed by atoms with E-state index in [-0.39, 0.29) is 6.61 Å². The number of hydrogen-bond acceptors (Lipinski definition) is 3. The number of rotatable bonds is 4. The standard InChI is InChI=1S/C13H12F2N2O/c14-10-4-3-9(8-11(10)15)12-5-6-16-13(17-12)2-1-7-18/h3-6,8,18H,1-2,7H2. The number of halogens is 2. The maximum Gasteiger partial charge on any atom is 0.159 e. The zero-order valence-corrected chi connectivity index (χ0v) is 9.61. The molecule has 0 aliphatic carbocycles. The summed E-state index contributed by atoms with van der Waals surface area (Å²) in [5.41, 5.74) is 1.04. The Labute approximate surface area is 103 Å². The monoisotopic (exact) mass is 250 g/mol. The van der Waals surface area contributed by atoms with E-state index in [9.17, 15) is 8.78 Å². The van der Waals surface area contributed by atoms with Crippen LogP contribution in [-0.2, 0) is 6.42 Å². The van der Waals surface area contributed by atoms with Gasteiger partial charge in [-0.1, -0.05) is 0 Å². The molecule has 0 aliphatic heterocycles. The van der Waals surface area contributed by atoms with Crippen molar-refractivity contribution in [2.45, 2.75) is 12.8 Å². The lowest BCUT2D eigenvalue weighted by Crippen LogP contribution is -1.98. The quantitative estimate of drug-likeness (QED) is 0.906. The molecule has 3 nitrogen and oxygen atoms in total. The summed E-state index contributed by atoms with van der Waals surface area (Å²) < 4.78 is 25.9. The van der Waals surface area contributed by atoms with Crippen LogP contribution in [0.2, 0.25) is 0 Å². The molecule has 0 fully saturated rings. The van der Waals surface area contributed by atoms with E-state index in [0.29, 0.717) is 29.9 Å². The number of aryl methyl sites for hydroxylation is 1. The highest BCUT2D eigenvalue weighted by atomic mass is 19.2. The van der Waals surface area contributed by atoms with Crippen molar-refractivity contribution in [2.75, 3.05) is 6.61 Å².